The first-order valence-corrected chi connectivity index (χ1v) is 10.5. The second-order valence-corrected chi connectivity index (χ2v) is 8.91. The highest BCUT2D eigenvalue weighted by atomic mass is 32.2. The normalized spacial score (nSPS) is 19.9. The van der Waals surface area contributed by atoms with Crippen LogP contribution in [0, 0.1) is 11.7 Å². The molecule has 9 heteroatoms. The van der Waals surface area contributed by atoms with Crippen LogP contribution in [0.15, 0.2) is 29.2 Å². The van der Waals surface area contributed by atoms with E-state index in [4.69, 9.17) is 0 Å². The molecule has 2 heterocycles. The minimum atomic E-state index is -3.76. The van der Waals surface area contributed by atoms with E-state index in [1.807, 2.05) is 0 Å². The van der Waals surface area contributed by atoms with Crippen molar-refractivity contribution in [3.8, 4) is 0 Å². The van der Waals surface area contributed by atoms with Crippen LogP contribution in [0.4, 0.5) is 4.39 Å². The molecule has 0 aromatic heterocycles. The maximum absolute atomic E-state index is 13.4. The number of rotatable bonds is 3. The maximum Gasteiger partial charge on any atom is 0.243 e. The van der Waals surface area contributed by atoms with E-state index in [9.17, 15) is 22.4 Å². The van der Waals surface area contributed by atoms with E-state index in [0.717, 1.165) is 6.07 Å². The van der Waals surface area contributed by atoms with Crippen LogP contribution in [-0.2, 0) is 19.6 Å². The molecule has 2 aliphatic heterocycles. The van der Waals surface area contributed by atoms with Gasteiger partial charge in [-0.05, 0) is 31.0 Å². The van der Waals surface area contributed by atoms with E-state index in [1.165, 1.54) is 29.4 Å². The highest BCUT2D eigenvalue weighted by Gasteiger charge is 2.34. The second kappa shape index (κ2) is 7.93. The molecule has 0 unspecified atom stereocenters. The van der Waals surface area contributed by atoms with Crippen molar-refractivity contribution in [1.82, 2.24) is 14.1 Å². The third-order valence-electron chi connectivity index (χ3n) is 5.27. The van der Waals surface area contributed by atoms with Crippen LogP contribution in [0.3, 0.4) is 0 Å². The van der Waals surface area contributed by atoms with Crippen molar-refractivity contribution in [1.29, 1.82) is 0 Å². The summed E-state index contributed by atoms with van der Waals surface area (Å²) in [5.74, 6) is -0.660. The van der Waals surface area contributed by atoms with Gasteiger partial charge in [0.1, 0.15) is 5.82 Å². The van der Waals surface area contributed by atoms with Gasteiger partial charge in [-0.25, -0.2) is 12.8 Å². The van der Waals surface area contributed by atoms with Crippen LogP contribution in [0.5, 0.6) is 0 Å². The number of halogens is 1. The van der Waals surface area contributed by atoms with Crippen molar-refractivity contribution in [3.63, 3.8) is 0 Å². The molecule has 27 heavy (non-hydrogen) atoms. The lowest BCUT2D eigenvalue weighted by molar-refractivity contribution is -0.141. The molecule has 0 radical (unpaired) electrons. The maximum atomic E-state index is 13.4. The molecule has 2 saturated heterocycles. The van der Waals surface area contributed by atoms with Gasteiger partial charge in [0.15, 0.2) is 0 Å². The minimum Gasteiger partial charge on any atom is -0.343 e. The molecule has 2 fully saturated rings. The van der Waals surface area contributed by atoms with Crippen LogP contribution in [0.1, 0.15) is 19.8 Å². The van der Waals surface area contributed by atoms with E-state index in [2.05, 4.69) is 0 Å². The van der Waals surface area contributed by atoms with Gasteiger partial charge in [0.05, 0.1) is 4.90 Å². The van der Waals surface area contributed by atoms with Crippen molar-refractivity contribution in [2.24, 2.45) is 5.92 Å². The molecule has 3 rings (SSSR count). The number of likely N-dealkylation sites (tertiary alicyclic amines) is 1. The molecule has 2 amide bonds. The molecule has 0 saturated carbocycles. The summed E-state index contributed by atoms with van der Waals surface area (Å²) in [6.45, 7) is 3.72. The highest BCUT2D eigenvalue weighted by molar-refractivity contribution is 7.89. The molecule has 0 aliphatic carbocycles. The Bertz CT molecular complexity index is 814. The van der Waals surface area contributed by atoms with E-state index in [-0.39, 0.29) is 35.7 Å². The Labute approximate surface area is 158 Å². The van der Waals surface area contributed by atoms with Crippen LogP contribution in [0.2, 0.25) is 0 Å². The summed E-state index contributed by atoms with van der Waals surface area (Å²) < 4.78 is 39.9. The highest BCUT2D eigenvalue weighted by Crippen LogP contribution is 2.23. The molecule has 0 N–H and O–H groups in total. The number of hydrogen-bond donors (Lipinski definition) is 0. The Morgan fingerprint density at radius 1 is 1.00 bits per heavy atom. The zero-order valence-electron chi connectivity index (χ0n) is 15.3. The van der Waals surface area contributed by atoms with Gasteiger partial charge in [-0.2, -0.15) is 4.31 Å². The molecule has 2 aliphatic rings. The van der Waals surface area contributed by atoms with Crippen LogP contribution < -0.4 is 0 Å². The summed E-state index contributed by atoms with van der Waals surface area (Å²) in [4.78, 5) is 27.5. The van der Waals surface area contributed by atoms with Crippen molar-refractivity contribution in [3.05, 3.63) is 30.1 Å². The number of piperidine rings is 1. The van der Waals surface area contributed by atoms with Crippen molar-refractivity contribution < 1.29 is 22.4 Å². The smallest absolute Gasteiger partial charge is 0.243 e. The van der Waals surface area contributed by atoms with Crippen LogP contribution >= 0.6 is 0 Å². The van der Waals surface area contributed by atoms with E-state index >= 15 is 0 Å². The van der Waals surface area contributed by atoms with Gasteiger partial charge in [-0.1, -0.05) is 6.07 Å². The Morgan fingerprint density at radius 2 is 1.63 bits per heavy atom. The summed E-state index contributed by atoms with van der Waals surface area (Å²) in [6.07, 6.45) is 1.28. The largest absolute Gasteiger partial charge is 0.343 e. The minimum absolute atomic E-state index is 0.0251. The van der Waals surface area contributed by atoms with E-state index in [0.29, 0.717) is 39.0 Å². The fraction of sp³-hybridized carbons (Fsp3) is 0.556. The van der Waals surface area contributed by atoms with Crippen molar-refractivity contribution in [2.45, 2.75) is 24.7 Å². The lowest BCUT2D eigenvalue weighted by Gasteiger charge is -2.38. The Hall–Kier alpha value is -2.00. The third-order valence-corrected chi connectivity index (χ3v) is 7.17. The predicted molar refractivity (Wildman–Crippen MR) is 96.7 cm³/mol. The van der Waals surface area contributed by atoms with Gasteiger partial charge in [0.25, 0.3) is 0 Å². The molecule has 1 aromatic rings. The van der Waals surface area contributed by atoms with Gasteiger partial charge >= 0.3 is 0 Å². The van der Waals surface area contributed by atoms with Crippen LogP contribution in [0.25, 0.3) is 0 Å². The van der Waals surface area contributed by atoms with Gasteiger partial charge in [-0.15, -0.1) is 0 Å². The molecule has 0 atom stereocenters. The molecular weight excluding hydrogens is 373 g/mol. The van der Waals surface area contributed by atoms with Gasteiger partial charge in [-0.3, -0.25) is 9.59 Å². The van der Waals surface area contributed by atoms with E-state index in [1.54, 1.807) is 9.80 Å². The Morgan fingerprint density at radius 3 is 2.19 bits per heavy atom. The lowest BCUT2D eigenvalue weighted by Crippen LogP contribution is -2.53. The number of carbonyl (C=O) groups excluding carboxylic acids is 2. The standard InChI is InChI=1S/C18H24FN3O4S/c1-14(23)20-7-5-15(6-8-20)18(24)21-9-11-22(12-10-21)27(25,26)17-4-2-3-16(19)13-17/h2-4,13,15H,5-12H2,1H3. The van der Waals surface area contributed by atoms with Gasteiger partial charge < -0.3 is 9.80 Å². The quantitative estimate of drug-likeness (QED) is 0.760. The van der Waals surface area contributed by atoms with Crippen molar-refractivity contribution in [2.75, 3.05) is 39.3 Å². The lowest BCUT2D eigenvalue weighted by atomic mass is 9.95. The molecular formula is C18H24FN3O4S. The summed E-state index contributed by atoms with van der Waals surface area (Å²) in [5.41, 5.74) is 0. The topological polar surface area (TPSA) is 78.0 Å². The molecule has 7 nitrogen and oxygen atoms in total. The summed E-state index contributed by atoms with van der Waals surface area (Å²) in [5, 5.41) is 0. The first-order valence-electron chi connectivity index (χ1n) is 9.09. The number of sulfonamides is 1. The van der Waals surface area contributed by atoms with Crippen molar-refractivity contribution >= 4 is 21.8 Å². The third kappa shape index (κ3) is 4.30. The van der Waals surface area contributed by atoms with Gasteiger partial charge in [0, 0.05) is 52.1 Å². The summed E-state index contributed by atoms with van der Waals surface area (Å²) >= 11 is 0. The average molecular weight is 397 g/mol. The predicted octanol–water partition coefficient (Wildman–Crippen LogP) is 0.917. The summed E-state index contributed by atoms with van der Waals surface area (Å²) in [6, 6.07) is 4.96. The molecule has 148 valence electrons. The monoisotopic (exact) mass is 397 g/mol. The first-order chi connectivity index (χ1) is 12.8. The average Bonchev–Trinajstić information content (AvgIpc) is 2.67. The molecule has 0 spiro atoms. The van der Waals surface area contributed by atoms with Crippen LogP contribution in [-0.4, -0.2) is 73.6 Å². The Kier molecular flexibility index (Phi) is 5.81. The second-order valence-electron chi connectivity index (χ2n) is 6.97. The number of nitrogens with zero attached hydrogens (tertiary/aromatic N) is 3. The van der Waals surface area contributed by atoms with Gasteiger partial charge in [0.2, 0.25) is 21.8 Å². The number of carbonyl (C=O) groups is 2. The SMILES string of the molecule is CC(=O)N1CCC(C(=O)N2CCN(S(=O)(=O)c3cccc(F)c3)CC2)CC1. The number of hydrogen-bond acceptors (Lipinski definition) is 4. The summed E-state index contributed by atoms with van der Waals surface area (Å²) in [7, 11) is -3.76. The number of benzene rings is 1. The fourth-order valence-electron chi connectivity index (χ4n) is 3.62. The molecule has 1 aromatic carbocycles. The fourth-order valence-corrected chi connectivity index (χ4v) is 5.08. The first kappa shape index (κ1) is 19.8. The van der Waals surface area contributed by atoms with E-state index < -0.39 is 15.8 Å². The zero-order valence-corrected chi connectivity index (χ0v) is 16.1. The molecule has 0 bridgehead atoms. The Balaban J connectivity index is 1.57. The zero-order chi connectivity index (χ0) is 19.6. The number of amides is 2. The number of piperazine rings is 1.